The Morgan fingerprint density at radius 3 is 2.63 bits per heavy atom. The summed E-state index contributed by atoms with van der Waals surface area (Å²) in [5, 5.41) is 0. The van der Waals surface area contributed by atoms with Crippen molar-refractivity contribution in [1.82, 2.24) is 4.90 Å². The molecule has 3 rings (SSSR count). The van der Waals surface area contributed by atoms with E-state index in [4.69, 9.17) is 15.5 Å². The van der Waals surface area contributed by atoms with E-state index in [0.717, 1.165) is 19.0 Å². The molecule has 0 aliphatic heterocycles. The van der Waals surface area contributed by atoms with Gasteiger partial charge in [-0.3, -0.25) is 0 Å². The van der Waals surface area contributed by atoms with Crippen LogP contribution in [0.3, 0.4) is 0 Å². The normalized spacial score (nSPS) is 33.5. The number of guanidine groups is 1. The molecule has 108 valence electrons. The molecule has 2 atom stereocenters. The molecule has 0 radical (unpaired) electrons. The van der Waals surface area contributed by atoms with E-state index in [0.29, 0.717) is 23.6 Å². The summed E-state index contributed by atoms with van der Waals surface area (Å²) in [6.45, 7) is 2.91. The maximum absolute atomic E-state index is 6.17. The molecule has 3 saturated carbocycles. The molecule has 0 amide bonds. The Labute approximate surface area is 116 Å². The number of aliphatic imine (C=N–C) groups is 1. The number of nitrogens with two attached hydrogens (primary N) is 1. The first-order chi connectivity index (χ1) is 9.17. The highest BCUT2D eigenvalue weighted by Crippen LogP contribution is 2.56. The van der Waals surface area contributed by atoms with Gasteiger partial charge in [-0.1, -0.05) is 12.8 Å². The SMILES string of the molecule is CCOC1CC(N=C(N)N(C)C2CC2)C12CCCC2. The van der Waals surface area contributed by atoms with Gasteiger partial charge in [0.2, 0.25) is 0 Å². The first kappa shape index (κ1) is 13.2. The monoisotopic (exact) mass is 265 g/mol. The van der Waals surface area contributed by atoms with Crippen molar-refractivity contribution in [3.05, 3.63) is 0 Å². The molecule has 0 aromatic rings. The Balaban J connectivity index is 1.69. The van der Waals surface area contributed by atoms with Crippen LogP contribution in [0.2, 0.25) is 0 Å². The van der Waals surface area contributed by atoms with Gasteiger partial charge in [-0.05, 0) is 39.0 Å². The van der Waals surface area contributed by atoms with Crippen LogP contribution in [0.4, 0.5) is 0 Å². The molecule has 1 spiro atoms. The standard InChI is InChI=1S/C15H27N3O/c1-3-19-13-10-12(15(13)8-4-5-9-15)17-14(16)18(2)11-6-7-11/h11-13H,3-10H2,1-2H3,(H2,16,17). The van der Waals surface area contributed by atoms with Gasteiger partial charge in [0.25, 0.3) is 0 Å². The van der Waals surface area contributed by atoms with E-state index in [1.54, 1.807) is 0 Å². The summed E-state index contributed by atoms with van der Waals surface area (Å²) in [6, 6.07) is 1.04. The van der Waals surface area contributed by atoms with Gasteiger partial charge in [0.1, 0.15) is 0 Å². The van der Waals surface area contributed by atoms with Gasteiger partial charge in [-0.15, -0.1) is 0 Å². The summed E-state index contributed by atoms with van der Waals surface area (Å²) >= 11 is 0. The van der Waals surface area contributed by atoms with Gasteiger partial charge in [-0.25, -0.2) is 4.99 Å². The van der Waals surface area contributed by atoms with E-state index < -0.39 is 0 Å². The van der Waals surface area contributed by atoms with Crippen LogP contribution in [-0.2, 0) is 4.74 Å². The van der Waals surface area contributed by atoms with Crippen molar-refractivity contribution >= 4 is 5.96 Å². The Hall–Kier alpha value is -0.770. The van der Waals surface area contributed by atoms with Crippen molar-refractivity contribution < 1.29 is 4.74 Å². The third-order valence-electron chi connectivity index (χ3n) is 5.39. The Bertz CT molecular complexity index is 358. The first-order valence-electron chi connectivity index (χ1n) is 7.85. The predicted octanol–water partition coefficient (Wildman–Crippen LogP) is 2.13. The predicted molar refractivity (Wildman–Crippen MR) is 77.1 cm³/mol. The quantitative estimate of drug-likeness (QED) is 0.626. The van der Waals surface area contributed by atoms with Crippen LogP contribution in [-0.4, -0.2) is 42.7 Å². The van der Waals surface area contributed by atoms with Gasteiger partial charge in [0.05, 0.1) is 12.1 Å². The highest BCUT2D eigenvalue weighted by Gasteiger charge is 2.57. The lowest BCUT2D eigenvalue weighted by atomic mass is 9.61. The number of rotatable bonds is 4. The van der Waals surface area contributed by atoms with Crippen molar-refractivity contribution in [3.8, 4) is 0 Å². The van der Waals surface area contributed by atoms with Gasteiger partial charge in [0.15, 0.2) is 5.96 Å². The number of ether oxygens (including phenoxy) is 1. The molecule has 0 aromatic carbocycles. The van der Waals surface area contributed by atoms with Crippen molar-refractivity contribution in [2.75, 3.05) is 13.7 Å². The van der Waals surface area contributed by atoms with Crippen LogP contribution in [0.15, 0.2) is 4.99 Å². The van der Waals surface area contributed by atoms with Gasteiger partial charge in [-0.2, -0.15) is 0 Å². The zero-order valence-electron chi connectivity index (χ0n) is 12.3. The molecule has 3 aliphatic rings. The van der Waals surface area contributed by atoms with E-state index in [2.05, 4.69) is 18.9 Å². The molecule has 4 nitrogen and oxygen atoms in total. The maximum Gasteiger partial charge on any atom is 0.191 e. The average Bonchev–Trinajstić information content (AvgIpc) is 3.11. The Morgan fingerprint density at radius 2 is 2.05 bits per heavy atom. The minimum Gasteiger partial charge on any atom is -0.378 e. The maximum atomic E-state index is 6.17. The van der Waals surface area contributed by atoms with Crippen LogP contribution in [0.5, 0.6) is 0 Å². The molecule has 0 aromatic heterocycles. The highest BCUT2D eigenvalue weighted by atomic mass is 16.5. The zero-order chi connectivity index (χ0) is 13.5. The number of hydrogen-bond acceptors (Lipinski definition) is 2. The topological polar surface area (TPSA) is 50.9 Å². The molecule has 2 N–H and O–H groups in total. The lowest BCUT2D eigenvalue weighted by Crippen LogP contribution is -2.57. The highest BCUT2D eigenvalue weighted by molar-refractivity contribution is 5.78. The molecule has 0 saturated heterocycles. The molecule has 3 aliphatic carbocycles. The molecule has 19 heavy (non-hydrogen) atoms. The molecule has 0 heterocycles. The summed E-state index contributed by atoms with van der Waals surface area (Å²) in [5.74, 6) is 0.744. The average molecular weight is 265 g/mol. The second-order valence-corrected chi connectivity index (χ2v) is 6.47. The van der Waals surface area contributed by atoms with Crippen LogP contribution >= 0.6 is 0 Å². The molecule has 0 bridgehead atoms. The van der Waals surface area contributed by atoms with Gasteiger partial charge < -0.3 is 15.4 Å². The molecular formula is C15H27N3O. The molecular weight excluding hydrogens is 238 g/mol. The summed E-state index contributed by atoms with van der Waals surface area (Å²) in [7, 11) is 2.08. The fourth-order valence-corrected chi connectivity index (χ4v) is 3.93. The fraction of sp³-hybridized carbons (Fsp3) is 0.933. The number of hydrogen-bond donors (Lipinski definition) is 1. The Kier molecular flexibility index (Phi) is 3.46. The van der Waals surface area contributed by atoms with E-state index in [9.17, 15) is 0 Å². The minimum absolute atomic E-state index is 0.311. The van der Waals surface area contributed by atoms with Crippen molar-refractivity contribution in [2.45, 2.75) is 70.1 Å². The van der Waals surface area contributed by atoms with Crippen molar-refractivity contribution in [3.63, 3.8) is 0 Å². The third kappa shape index (κ3) is 2.24. The van der Waals surface area contributed by atoms with E-state index in [1.165, 1.54) is 38.5 Å². The number of nitrogens with zero attached hydrogens (tertiary/aromatic N) is 2. The van der Waals surface area contributed by atoms with E-state index >= 15 is 0 Å². The van der Waals surface area contributed by atoms with E-state index in [1.807, 2.05) is 0 Å². The lowest BCUT2D eigenvalue weighted by molar-refractivity contribution is -0.119. The first-order valence-corrected chi connectivity index (χ1v) is 7.85. The zero-order valence-corrected chi connectivity index (χ0v) is 12.3. The van der Waals surface area contributed by atoms with Crippen LogP contribution in [0, 0.1) is 5.41 Å². The second-order valence-electron chi connectivity index (χ2n) is 6.47. The third-order valence-corrected chi connectivity index (χ3v) is 5.39. The van der Waals surface area contributed by atoms with Crippen LogP contribution in [0.25, 0.3) is 0 Å². The van der Waals surface area contributed by atoms with Gasteiger partial charge in [0, 0.05) is 25.1 Å². The largest absolute Gasteiger partial charge is 0.378 e. The minimum atomic E-state index is 0.311. The van der Waals surface area contributed by atoms with Crippen LogP contribution < -0.4 is 5.73 Å². The summed E-state index contributed by atoms with van der Waals surface area (Å²) in [6.07, 6.45) is 9.22. The molecule has 3 fully saturated rings. The van der Waals surface area contributed by atoms with E-state index in [-0.39, 0.29) is 0 Å². The lowest BCUT2D eigenvalue weighted by Gasteiger charge is -2.52. The van der Waals surface area contributed by atoms with Crippen LogP contribution in [0.1, 0.15) is 51.9 Å². The molecule has 2 unspecified atom stereocenters. The van der Waals surface area contributed by atoms with Gasteiger partial charge >= 0.3 is 0 Å². The Morgan fingerprint density at radius 1 is 1.37 bits per heavy atom. The second kappa shape index (κ2) is 4.97. The molecule has 4 heteroatoms. The van der Waals surface area contributed by atoms with Crippen molar-refractivity contribution in [2.24, 2.45) is 16.1 Å². The summed E-state index contributed by atoms with van der Waals surface area (Å²) < 4.78 is 5.92. The summed E-state index contributed by atoms with van der Waals surface area (Å²) in [4.78, 5) is 7.01. The van der Waals surface area contributed by atoms with Crippen molar-refractivity contribution in [1.29, 1.82) is 0 Å². The smallest absolute Gasteiger partial charge is 0.191 e. The fourth-order valence-electron chi connectivity index (χ4n) is 3.93. The summed E-state index contributed by atoms with van der Waals surface area (Å²) in [5.41, 5.74) is 6.48.